The number of hydrogen-bond acceptors (Lipinski definition) is 5. The van der Waals surface area contributed by atoms with Gasteiger partial charge in [0.15, 0.2) is 0 Å². The molecule has 5 heteroatoms. The normalized spacial score (nSPS) is 11.9. The van der Waals surface area contributed by atoms with Gasteiger partial charge in [-0.3, -0.25) is 0 Å². The molecular weight excluding hydrogens is 584 g/mol. The summed E-state index contributed by atoms with van der Waals surface area (Å²) >= 11 is 0. The first-order valence-corrected chi connectivity index (χ1v) is 18.6. The van der Waals surface area contributed by atoms with E-state index in [0.717, 1.165) is 58.8 Å². The van der Waals surface area contributed by atoms with Gasteiger partial charge in [0.25, 0.3) is 0 Å². The minimum Gasteiger partial charge on any atom is -0.494 e. The minimum absolute atomic E-state index is 0.0804. The average molecular weight is 647 g/mol. The van der Waals surface area contributed by atoms with E-state index in [9.17, 15) is 10.2 Å². The molecule has 0 heterocycles. The molecule has 5 nitrogen and oxygen atoms in total. The Kier molecular flexibility index (Phi) is 20.0. The Labute approximate surface area is 285 Å². The van der Waals surface area contributed by atoms with Crippen molar-refractivity contribution in [1.82, 2.24) is 0 Å². The van der Waals surface area contributed by atoms with Gasteiger partial charge >= 0.3 is 0 Å². The maximum atomic E-state index is 9.78. The predicted octanol–water partition coefficient (Wildman–Crippen LogP) is 10.9. The number of ether oxygens (including phenoxy) is 3. The van der Waals surface area contributed by atoms with E-state index >= 15 is 0 Å². The monoisotopic (exact) mass is 646 g/mol. The Hall–Kier alpha value is -2.86. The molecular formula is C42H62O5. The second-order valence-corrected chi connectivity index (χ2v) is 12.9. The molecule has 0 bridgehead atoms. The Morgan fingerprint density at radius 2 is 0.979 bits per heavy atom. The number of hydrogen-bond donors (Lipinski definition) is 2. The SMILES string of the molecule is CCCCCCCCCCOc1ccc(-c2ccc(-c3ccc(OCCCCCCCCCC)cc3COCC(O)CO)cc2)cc1. The van der Waals surface area contributed by atoms with E-state index < -0.39 is 6.10 Å². The highest BCUT2D eigenvalue weighted by atomic mass is 16.5. The number of aliphatic hydroxyl groups excluding tert-OH is 2. The molecule has 3 aromatic rings. The van der Waals surface area contributed by atoms with Crippen LogP contribution in [0.3, 0.4) is 0 Å². The fourth-order valence-corrected chi connectivity index (χ4v) is 5.86. The maximum Gasteiger partial charge on any atom is 0.119 e. The number of rotatable bonds is 27. The zero-order valence-corrected chi connectivity index (χ0v) is 29.4. The van der Waals surface area contributed by atoms with Gasteiger partial charge in [-0.2, -0.15) is 0 Å². The molecule has 47 heavy (non-hydrogen) atoms. The first kappa shape index (κ1) is 38.6. The van der Waals surface area contributed by atoms with Crippen molar-refractivity contribution >= 4 is 0 Å². The quantitative estimate of drug-likeness (QED) is 0.0807. The largest absolute Gasteiger partial charge is 0.494 e. The predicted molar refractivity (Wildman–Crippen MR) is 196 cm³/mol. The van der Waals surface area contributed by atoms with Crippen molar-refractivity contribution in [2.24, 2.45) is 0 Å². The van der Waals surface area contributed by atoms with Crippen LogP contribution in [-0.2, 0) is 11.3 Å². The van der Waals surface area contributed by atoms with Crippen molar-refractivity contribution in [3.63, 3.8) is 0 Å². The first-order valence-electron chi connectivity index (χ1n) is 18.6. The van der Waals surface area contributed by atoms with Crippen LogP contribution in [0.15, 0.2) is 66.7 Å². The molecule has 2 N–H and O–H groups in total. The summed E-state index contributed by atoms with van der Waals surface area (Å²) in [5, 5.41) is 19.0. The van der Waals surface area contributed by atoms with Gasteiger partial charge in [-0.1, -0.05) is 146 Å². The molecule has 3 rings (SSSR count). The van der Waals surface area contributed by atoms with Crippen LogP contribution in [0.5, 0.6) is 11.5 Å². The highest BCUT2D eigenvalue weighted by molar-refractivity contribution is 5.73. The van der Waals surface area contributed by atoms with Crippen molar-refractivity contribution in [3.8, 4) is 33.8 Å². The molecule has 0 aliphatic carbocycles. The summed E-state index contributed by atoms with van der Waals surface area (Å²) in [7, 11) is 0. The van der Waals surface area contributed by atoms with Crippen LogP contribution in [0.2, 0.25) is 0 Å². The van der Waals surface area contributed by atoms with Crippen LogP contribution in [0.25, 0.3) is 22.3 Å². The topological polar surface area (TPSA) is 68.2 Å². The highest BCUT2D eigenvalue weighted by Crippen LogP contribution is 2.31. The summed E-state index contributed by atoms with van der Waals surface area (Å²) in [4.78, 5) is 0. The van der Waals surface area contributed by atoms with Crippen molar-refractivity contribution in [2.75, 3.05) is 26.4 Å². The number of unbranched alkanes of at least 4 members (excludes halogenated alkanes) is 14. The molecule has 0 saturated carbocycles. The zero-order chi connectivity index (χ0) is 33.4. The van der Waals surface area contributed by atoms with Gasteiger partial charge in [0, 0.05) is 0 Å². The standard InChI is InChI=1S/C42H62O5/c1-3-5-7-9-11-13-15-17-29-46-40-25-23-36(24-26-40)35-19-21-37(22-20-35)42-28-27-41(31-38(42)33-45-34-39(44)32-43)47-30-18-16-14-12-10-8-6-4-2/h19-28,31,39,43-44H,3-18,29-30,32-34H2,1-2H3. The zero-order valence-electron chi connectivity index (χ0n) is 29.4. The Balaban J connectivity index is 1.52. The average Bonchev–Trinajstić information content (AvgIpc) is 3.10. The molecule has 0 aromatic heterocycles. The molecule has 0 spiro atoms. The van der Waals surface area contributed by atoms with Crippen molar-refractivity contribution < 1.29 is 24.4 Å². The number of aliphatic hydroxyl groups is 2. The maximum absolute atomic E-state index is 9.78. The van der Waals surface area contributed by atoms with Gasteiger partial charge in [-0.05, 0) is 64.9 Å². The molecule has 1 atom stereocenters. The van der Waals surface area contributed by atoms with Crippen LogP contribution in [0.1, 0.15) is 122 Å². The van der Waals surface area contributed by atoms with E-state index in [1.54, 1.807) is 0 Å². The van der Waals surface area contributed by atoms with E-state index in [4.69, 9.17) is 14.2 Å². The van der Waals surface area contributed by atoms with Crippen molar-refractivity contribution in [1.29, 1.82) is 0 Å². The second-order valence-electron chi connectivity index (χ2n) is 12.9. The van der Waals surface area contributed by atoms with Crippen molar-refractivity contribution in [2.45, 2.75) is 129 Å². The van der Waals surface area contributed by atoms with Gasteiger partial charge in [-0.15, -0.1) is 0 Å². The molecule has 3 aromatic carbocycles. The van der Waals surface area contributed by atoms with E-state index in [0.29, 0.717) is 13.2 Å². The fraction of sp³-hybridized carbons (Fsp3) is 0.571. The van der Waals surface area contributed by atoms with Crippen LogP contribution in [0.4, 0.5) is 0 Å². The highest BCUT2D eigenvalue weighted by Gasteiger charge is 2.11. The molecule has 0 aliphatic heterocycles. The van der Waals surface area contributed by atoms with E-state index in [1.807, 2.05) is 12.1 Å². The molecule has 0 fully saturated rings. The lowest BCUT2D eigenvalue weighted by atomic mass is 9.97. The minimum atomic E-state index is -0.888. The smallest absolute Gasteiger partial charge is 0.119 e. The summed E-state index contributed by atoms with van der Waals surface area (Å²) < 4.78 is 17.9. The molecule has 260 valence electrons. The molecule has 0 radical (unpaired) electrons. The van der Waals surface area contributed by atoms with Gasteiger partial charge in [0.05, 0.1) is 33.0 Å². The number of benzene rings is 3. The lowest BCUT2D eigenvalue weighted by Crippen LogP contribution is -2.19. The lowest BCUT2D eigenvalue weighted by molar-refractivity contribution is 0.0000944. The van der Waals surface area contributed by atoms with Gasteiger partial charge in [0.2, 0.25) is 0 Å². The van der Waals surface area contributed by atoms with E-state index in [2.05, 4.69) is 68.4 Å². The Morgan fingerprint density at radius 1 is 0.532 bits per heavy atom. The second kappa shape index (κ2) is 24.3. The van der Waals surface area contributed by atoms with E-state index in [1.165, 1.54) is 89.9 Å². The summed E-state index contributed by atoms with van der Waals surface area (Å²) in [6, 6.07) is 23.2. The van der Waals surface area contributed by atoms with E-state index in [-0.39, 0.29) is 13.2 Å². The van der Waals surface area contributed by atoms with Gasteiger partial charge in [0.1, 0.15) is 17.6 Å². The summed E-state index contributed by atoms with van der Waals surface area (Å²) in [5.41, 5.74) is 5.46. The van der Waals surface area contributed by atoms with Crippen LogP contribution < -0.4 is 9.47 Å². The van der Waals surface area contributed by atoms with Crippen molar-refractivity contribution in [3.05, 3.63) is 72.3 Å². The third-order valence-corrected chi connectivity index (χ3v) is 8.77. The molecule has 0 amide bonds. The van der Waals surface area contributed by atoms with Gasteiger partial charge in [-0.25, -0.2) is 0 Å². The van der Waals surface area contributed by atoms with Crippen LogP contribution >= 0.6 is 0 Å². The molecule has 0 saturated heterocycles. The molecule has 0 aliphatic rings. The molecule has 1 unspecified atom stereocenters. The Morgan fingerprint density at radius 3 is 1.51 bits per heavy atom. The van der Waals surface area contributed by atoms with Crippen LogP contribution in [0, 0.1) is 0 Å². The third-order valence-electron chi connectivity index (χ3n) is 8.77. The fourth-order valence-electron chi connectivity index (χ4n) is 5.86. The summed E-state index contributed by atoms with van der Waals surface area (Å²) in [5.74, 6) is 1.76. The lowest BCUT2D eigenvalue weighted by Gasteiger charge is -2.15. The summed E-state index contributed by atoms with van der Waals surface area (Å²) in [6.45, 7) is 6.08. The van der Waals surface area contributed by atoms with Gasteiger partial charge < -0.3 is 24.4 Å². The Bertz CT molecular complexity index is 1190. The first-order chi connectivity index (χ1) is 23.1. The van der Waals surface area contributed by atoms with Crippen LogP contribution in [-0.4, -0.2) is 42.7 Å². The third kappa shape index (κ3) is 15.7. The summed E-state index contributed by atoms with van der Waals surface area (Å²) in [6.07, 6.45) is 19.7.